The molecule has 0 N–H and O–H groups in total. The van der Waals surface area contributed by atoms with E-state index < -0.39 is 0 Å². The normalized spacial score (nSPS) is 10.5. The Kier molecular flexibility index (Phi) is 4.73. The Morgan fingerprint density at radius 2 is 1.96 bits per heavy atom. The van der Waals surface area contributed by atoms with Crippen molar-refractivity contribution in [3.8, 4) is 11.5 Å². The van der Waals surface area contributed by atoms with Crippen LogP contribution in [-0.2, 0) is 10.5 Å². The average molecular weight is 326 g/mol. The molecule has 6 heteroatoms. The van der Waals surface area contributed by atoms with E-state index in [-0.39, 0.29) is 5.97 Å². The first-order chi connectivity index (χ1) is 11.3. The van der Waals surface area contributed by atoms with E-state index in [1.807, 2.05) is 36.4 Å². The van der Waals surface area contributed by atoms with Crippen LogP contribution < -0.4 is 0 Å². The third kappa shape index (κ3) is 3.78. The number of carbonyl (C=O) groups excluding carboxylic acids is 1. The molecule has 0 aliphatic heterocycles. The summed E-state index contributed by atoms with van der Waals surface area (Å²) in [7, 11) is 1.37. The Balaban J connectivity index is 1.61. The number of hydrogen-bond donors (Lipinski definition) is 0. The van der Waals surface area contributed by atoms with Gasteiger partial charge in [-0.2, -0.15) is 0 Å². The molecule has 2 aromatic heterocycles. The molecular formula is C17H14N2O3S. The van der Waals surface area contributed by atoms with Gasteiger partial charge < -0.3 is 9.15 Å². The number of esters is 1. The number of carbonyl (C=O) groups is 1. The van der Waals surface area contributed by atoms with Crippen molar-refractivity contribution in [1.29, 1.82) is 0 Å². The number of aromatic nitrogens is 2. The van der Waals surface area contributed by atoms with Gasteiger partial charge in [0.25, 0.3) is 0 Å². The number of nitrogens with zero attached hydrogens (tertiary/aromatic N) is 2. The summed E-state index contributed by atoms with van der Waals surface area (Å²) in [6.45, 7) is 0. The van der Waals surface area contributed by atoms with Crippen LogP contribution in [0.5, 0.6) is 0 Å². The van der Waals surface area contributed by atoms with Crippen LogP contribution in [0.2, 0.25) is 0 Å². The zero-order valence-electron chi connectivity index (χ0n) is 12.4. The lowest BCUT2D eigenvalue weighted by Crippen LogP contribution is -2.00. The Labute approximate surface area is 137 Å². The molecule has 0 aliphatic carbocycles. The van der Waals surface area contributed by atoms with Crippen molar-refractivity contribution >= 4 is 17.7 Å². The number of ether oxygens (including phenoxy) is 1. The van der Waals surface area contributed by atoms with Gasteiger partial charge in [-0.1, -0.05) is 23.9 Å². The van der Waals surface area contributed by atoms with E-state index in [1.165, 1.54) is 7.11 Å². The maximum absolute atomic E-state index is 11.4. The van der Waals surface area contributed by atoms with E-state index in [0.29, 0.717) is 17.0 Å². The van der Waals surface area contributed by atoms with Crippen LogP contribution in [0, 0.1) is 0 Å². The maximum Gasteiger partial charge on any atom is 0.337 e. The molecule has 116 valence electrons. The molecule has 0 radical (unpaired) electrons. The molecule has 3 aromatic rings. The standard InChI is InChI=1S/C17H14N2O3S/c1-21-17(20)13-6-4-12(5-7-13)11-23-16-9-8-14(18-19-16)15-3-2-10-22-15/h2-10H,11H2,1H3. The highest BCUT2D eigenvalue weighted by Crippen LogP contribution is 2.23. The van der Waals surface area contributed by atoms with Gasteiger partial charge in [-0.3, -0.25) is 0 Å². The minimum atomic E-state index is -0.330. The van der Waals surface area contributed by atoms with Crippen LogP contribution in [0.3, 0.4) is 0 Å². The number of rotatable bonds is 5. The zero-order valence-corrected chi connectivity index (χ0v) is 13.2. The van der Waals surface area contributed by atoms with Crippen molar-refractivity contribution in [2.75, 3.05) is 7.11 Å². The monoisotopic (exact) mass is 326 g/mol. The van der Waals surface area contributed by atoms with Crippen molar-refractivity contribution < 1.29 is 13.9 Å². The fourth-order valence-corrected chi connectivity index (χ4v) is 2.73. The van der Waals surface area contributed by atoms with E-state index in [4.69, 9.17) is 4.42 Å². The molecule has 0 amide bonds. The van der Waals surface area contributed by atoms with E-state index in [1.54, 1.807) is 30.2 Å². The summed E-state index contributed by atoms with van der Waals surface area (Å²) in [5.74, 6) is 1.12. The molecular weight excluding hydrogens is 312 g/mol. The molecule has 23 heavy (non-hydrogen) atoms. The quantitative estimate of drug-likeness (QED) is 0.524. The molecule has 2 heterocycles. The second-order valence-corrected chi connectivity index (χ2v) is 5.71. The molecule has 0 spiro atoms. The van der Waals surface area contributed by atoms with Gasteiger partial charge in [-0.15, -0.1) is 10.2 Å². The number of thioether (sulfide) groups is 1. The molecule has 0 bridgehead atoms. The number of benzene rings is 1. The Morgan fingerprint density at radius 3 is 2.57 bits per heavy atom. The lowest BCUT2D eigenvalue weighted by Gasteiger charge is -2.03. The fourth-order valence-electron chi connectivity index (χ4n) is 1.96. The van der Waals surface area contributed by atoms with Crippen LogP contribution in [0.4, 0.5) is 0 Å². The highest BCUT2D eigenvalue weighted by Gasteiger charge is 2.06. The van der Waals surface area contributed by atoms with Crippen molar-refractivity contribution in [1.82, 2.24) is 10.2 Å². The Morgan fingerprint density at radius 1 is 1.13 bits per heavy atom. The minimum absolute atomic E-state index is 0.330. The van der Waals surface area contributed by atoms with Gasteiger partial charge in [0.15, 0.2) is 5.76 Å². The van der Waals surface area contributed by atoms with Gasteiger partial charge in [-0.05, 0) is 42.0 Å². The number of methoxy groups -OCH3 is 1. The van der Waals surface area contributed by atoms with E-state index >= 15 is 0 Å². The van der Waals surface area contributed by atoms with E-state index in [9.17, 15) is 4.79 Å². The van der Waals surface area contributed by atoms with Gasteiger partial charge >= 0.3 is 5.97 Å². The first-order valence-corrected chi connectivity index (χ1v) is 7.92. The third-order valence-electron chi connectivity index (χ3n) is 3.18. The van der Waals surface area contributed by atoms with E-state index in [2.05, 4.69) is 14.9 Å². The van der Waals surface area contributed by atoms with Crippen molar-refractivity contribution in [2.45, 2.75) is 10.8 Å². The van der Waals surface area contributed by atoms with Gasteiger partial charge in [0.2, 0.25) is 0 Å². The fraction of sp³-hybridized carbons (Fsp3) is 0.118. The predicted octanol–water partition coefficient (Wildman–Crippen LogP) is 3.82. The van der Waals surface area contributed by atoms with Crippen LogP contribution in [0.15, 0.2) is 64.2 Å². The van der Waals surface area contributed by atoms with Crippen LogP contribution >= 0.6 is 11.8 Å². The second kappa shape index (κ2) is 7.11. The van der Waals surface area contributed by atoms with E-state index in [0.717, 1.165) is 16.3 Å². The van der Waals surface area contributed by atoms with Gasteiger partial charge in [0, 0.05) is 5.75 Å². The molecule has 3 rings (SSSR count). The summed E-state index contributed by atoms with van der Waals surface area (Å²) >= 11 is 1.58. The molecule has 0 saturated carbocycles. The first-order valence-electron chi connectivity index (χ1n) is 6.94. The lowest BCUT2D eigenvalue weighted by molar-refractivity contribution is 0.0600. The summed E-state index contributed by atoms with van der Waals surface area (Å²) in [4.78, 5) is 11.4. The molecule has 0 atom stereocenters. The zero-order chi connectivity index (χ0) is 16.1. The van der Waals surface area contributed by atoms with Crippen molar-refractivity contribution in [3.05, 3.63) is 65.9 Å². The number of furan rings is 1. The number of hydrogen-bond acceptors (Lipinski definition) is 6. The Hall–Kier alpha value is -2.60. The molecule has 0 aliphatic rings. The SMILES string of the molecule is COC(=O)c1ccc(CSc2ccc(-c3ccco3)nn2)cc1. The predicted molar refractivity (Wildman–Crippen MR) is 87.1 cm³/mol. The van der Waals surface area contributed by atoms with Crippen molar-refractivity contribution in [3.63, 3.8) is 0 Å². The van der Waals surface area contributed by atoms with Gasteiger partial charge in [0.1, 0.15) is 10.7 Å². The van der Waals surface area contributed by atoms with Crippen LogP contribution in [0.25, 0.3) is 11.5 Å². The first kappa shape index (κ1) is 15.3. The molecule has 0 saturated heterocycles. The molecule has 0 unspecified atom stereocenters. The lowest BCUT2D eigenvalue weighted by atomic mass is 10.1. The van der Waals surface area contributed by atoms with Crippen LogP contribution in [-0.4, -0.2) is 23.3 Å². The largest absolute Gasteiger partial charge is 0.465 e. The average Bonchev–Trinajstić information content (AvgIpc) is 3.15. The molecule has 1 aromatic carbocycles. The third-order valence-corrected chi connectivity index (χ3v) is 4.17. The van der Waals surface area contributed by atoms with Crippen molar-refractivity contribution in [2.24, 2.45) is 0 Å². The minimum Gasteiger partial charge on any atom is -0.465 e. The van der Waals surface area contributed by atoms with Gasteiger partial charge in [-0.25, -0.2) is 4.79 Å². The highest BCUT2D eigenvalue weighted by molar-refractivity contribution is 7.98. The summed E-state index contributed by atoms with van der Waals surface area (Å²) in [5.41, 5.74) is 2.35. The van der Waals surface area contributed by atoms with Gasteiger partial charge in [0.05, 0.1) is 18.9 Å². The highest BCUT2D eigenvalue weighted by atomic mass is 32.2. The smallest absolute Gasteiger partial charge is 0.337 e. The summed E-state index contributed by atoms with van der Waals surface area (Å²) in [6.07, 6.45) is 1.61. The Bertz CT molecular complexity index is 769. The summed E-state index contributed by atoms with van der Waals surface area (Å²) in [5, 5.41) is 9.17. The summed E-state index contributed by atoms with van der Waals surface area (Å²) < 4.78 is 9.96. The summed E-state index contributed by atoms with van der Waals surface area (Å²) in [6, 6.07) is 14.8. The van der Waals surface area contributed by atoms with Crippen LogP contribution in [0.1, 0.15) is 15.9 Å². The topological polar surface area (TPSA) is 65.2 Å². The molecule has 5 nitrogen and oxygen atoms in total. The second-order valence-electron chi connectivity index (χ2n) is 4.71. The molecule has 0 fully saturated rings. The maximum atomic E-state index is 11.4.